The lowest BCUT2D eigenvalue weighted by Crippen LogP contribution is -2.32. The van der Waals surface area contributed by atoms with E-state index in [9.17, 15) is 0 Å². The second-order valence-corrected chi connectivity index (χ2v) is 12.4. The van der Waals surface area contributed by atoms with E-state index in [1.165, 1.54) is 66.4 Å². The zero-order chi connectivity index (χ0) is 28.8. The zero-order valence-electron chi connectivity index (χ0n) is 24.4. The topological polar surface area (TPSA) is 18.5 Å². The van der Waals surface area contributed by atoms with Crippen molar-refractivity contribution in [2.75, 3.05) is 14.2 Å². The molecule has 0 heterocycles. The Balaban J connectivity index is 1.33. The van der Waals surface area contributed by atoms with Crippen LogP contribution in [-0.2, 0) is 20.3 Å². The first-order valence-corrected chi connectivity index (χ1v) is 15.2. The summed E-state index contributed by atoms with van der Waals surface area (Å²) in [6.07, 6.45) is 2.04. The maximum atomic E-state index is 6.41. The summed E-state index contributed by atoms with van der Waals surface area (Å²) in [5, 5.41) is 2.50. The van der Waals surface area contributed by atoms with Crippen LogP contribution in [-0.4, -0.2) is 20.0 Å². The Hall–Kier alpha value is -4.50. The molecular formula is C41H32O2. The molecule has 6 aromatic rings. The van der Waals surface area contributed by atoms with Crippen LogP contribution >= 0.6 is 0 Å². The van der Waals surface area contributed by atoms with E-state index in [2.05, 4.69) is 133 Å². The molecule has 11 bridgehead atoms. The summed E-state index contributed by atoms with van der Waals surface area (Å²) < 4.78 is 12.8. The smallest absolute Gasteiger partial charge is 0.189 e. The van der Waals surface area contributed by atoms with Gasteiger partial charge in [0.25, 0.3) is 0 Å². The van der Waals surface area contributed by atoms with Crippen molar-refractivity contribution in [2.24, 2.45) is 0 Å². The van der Waals surface area contributed by atoms with Crippen LogP contribution in [0.5, 0.6) is 0 Å². The molecule has 0 amide bonds. The number of hydrogen-bond acceptors (Lipinski definition) is 2. The highest BCUT2D eigenvalue weighted by Gasteiger charge is 2.95. The van der Waals surface area contributed by atoms with Crippen LogP contribution in [0.15, 0.2) is 133 Å². The molecule has 0 aromatic heterocycles. The van der Waals surface area contributed by atoms with Gasteiger partial charge in [0.15, 0.2) is 5.79 Å². The summed E-state index contributed by atoms with van der Waals surface area (Å²) in [6, 6.07) is 49.6. The van der Waals surface area contributed by atoms with Gasteiger partial charge in [-0.15, -0.1) is 0 Å². The van der Waals surface area contributed by atoms with Crippen molar-refractivity contribution < 1.29 is 9.47 Å². The molecule has 2 atom stereocenters. The van der Waals surface area contributed by atoms with Gasteiger partial charge in [-0.25, -0.2) is 0 Å². The van der Waals surface area contributed by atoms with Crippen LogP contribution in [0.2, 0.25) is 0 Å². The third-order valence-corrected chi connectivity index (χ3v) is 10.8. The molecule has 0 aliphatic heterocycles. The number of methoxy groups -OCH3 is 2. The fraction of sp³-hybridized carbons (Fsp3) is 0.171. The fourth-order valence-corrected chi connectivity index (χ4v) is 8.82. The number of benzene rings is 6. The summed E-state index contributed by atoms with van der Waals surface area (Å²) >= 11 is 0. The van der Waals surface area contributed by atoms with E-state index >= 15 is 0 Å². The van der Waals surface area contributed by atoms with Gasteiger partial charge in [-0.1, -0.05) is 109 Å². The molecule has 2 nitrogen and oxygen atoms in total. The minimum Gasteiger partial charge on any atom is -0.351 e. The van der Waals surface area contributed by atoms with Crippen LogP contribution < -0.4 is 0 Å². The SMILES string of the molecule is COC1(OC)C23CCC12c1cccc(c1)-c1cccc(c1)-c1ccc2ccc(cc2c1)-c1cccc(c1)-c1cccc3c1. The normalized spacial score (nSPS) is 22.1. The lowest BCUT2D eigenvalue weighted by molar-refractivity contribution is -0.149. The summed E-state index contributed by atoms with van der Waals surface area (Å²) in [6.45, 7) is 0. The van der Waals surface area contributed by atoms with Crippen LogP contribution in [0, 0.1) is 0 Å². The van der Waals surface area contributed by atoms with Crippen LogP contribution in [0.3, 0.4) is 0 Å². The van der Waals surface area contributed by atoms with Crippen molar-refractivity contribution in [3.63, 3.8) is 0 Å². The van der Waals surface area contributed by atoms with E-state index in [4.69, 9.17) is 9.47 Å². The van der Waals surface area contributed by atoms with Crippen LogP contribution in [0.25, 0.3) is 55.3 Å². The summed E-state index contributed by atoms with van der Waals surface area (Å²) in [4.78, 5) is 0. The van der Waals surface area contributed by atoms with Gasteiger partial charge in [0.05, 0.1) is 10.8 Å². The second kappa shape index (κ2) is 8.76. The van der Waals surface area contributed by atoms with Gasteiger partial charge >= 0.3 is 0 Å². The number of ether oxygens (including phenoxy) is 2. The summed E-state index contributed by atoms with van der Waals surface area (Å²) in [7, 11) is 3.63. The molecule has 208 valence electrons. The highest BCUT2D eigenvalue weighted by molar-refractivity contribution is 5.92. The monoisotopic (exact) mass is 556 g/mol. The van der Waals surface area contributed by atoms with Gasteiger partial charge in [-0.2, -0.15) is 0 Å². The molecule has 2 unspecified atom stereocenters. The van der Waals surface area contributed by atoms with Gasteiger partial charge < -0.3 is 9.47 Å². The van der Waals surface area contributed by atoms with Crippen molar-refractivity contribution >= 4 is 10.8 Å². The van der Waals surface area contributed by atoms with Crippen LogP contribution in [0.4, 0.5) is 0 Å². The molecule has 2 saturated carbocycles. The minimum atomic E-state index is -0.711. The van der Waals surface area contributed by atoms with Crippen LogP contribution in [0.1, 0.15) is 24.0 Å². The molecule has 0 spiro atoms. The maximum Gasteiger partial charge on any atom is 0.189 e. The van der Waals surface area contributed by atoms with E-state index in [0.29, 0.717) is 0 Å². The van der Waals surface area contributed by atoms with E-state index in [0.717, 1.165) is 12.8 Å². The Kier molecular flexibility index (Phi) is 5.10. The van der Waals surface area contributed by atoms with E-state index in [-0.39, 0.29) is 10.8 Å². The summed E-state index contributed by atoms with van der Waals surface area (Å²) in [5.74, 6) is -0.711. The zero-order valence-corrected chi connectivity index (χ0v) is 24.4. The molecule has 43 heavy (non-hydrogen) atoms. The van der Waals surface area contributed by atoms with Crippen molar-refractivity contribution in [3.8, 4) is 44.5 Å². The van der Waals surface area contributed by atoms with E-state index < -0.39 is 5.79 Å². The molecule has 6 aromatic carbocycles. The Morgan fingerprint density at radius 2 is 0.767 bits per heavy atom. The van der Waals surface area contributed by atoms with Crippen molar-refractivity contribution in [1.29, 1.82) is 0 Å². The molecular weight excluding hydrogens is 524 g/mol. The molecule has 0 saturated heterocycles. The standard InChI is InChI=1S/C41H32O2/c1-42-41(43-2)39-19-20-40(39,41)38-14-6-12-33(26-38)29-8-4-10-31(22-29)35-18-16-27-15-17-34(23-36(27)24-35)30-9-3-7-28(21-30)32-11-5-13-37(39)25-32/h3-18,21-26H,19-20H2,1-2H3. The first kappa shape index (κ1) is 25.0. The van der Waals surface area contributed by atoms with Gasteiger partial charge in [0.2, 0.25) is 0 Å². The molecule has 2 fully saturated rings. The lowest BCUT2D eigenvalue weighted by atomic mass is 9.66. The third kappa shape index (κ3) is 3.10. The van der Waals surface area contributed by atoms with Crippen molar-refractivity contribution in [1.82, 2.24) is 0 Å². The first-order chi connectivity index (χ1) is 21.1. The molecule has 0 radical (unpaired) electrons. The minimum absolute atomic E-state index is 0.245. The van der Waals surface area contributed by atoms with Gasteiger partial charge in [0.1, 0.15) is 0 Å². The predicted octanol–water partition coefficient (Wildman–Crippen LogP) is 9.79. The van der Waals surface area contributed by atoms with Gasteiger partial charge in [0, 0.05) is 14.2 Å². The molecule has 9 rings (SSSR count). The quantitative estimate of drug-likeness (QED) is 0.198. The number of fused-ring (bicyclic) bond motifs is 14. The largest absolute Gasteiger partial charge is 0.351 e. The average Bonchev–Trinajstić information content (AvgIpc) is 3.46. The highest BCUT2D eigenvalue weighted by Crippen LogP contribution is 2.85. The molecule has 3 aliphatic carbocycles. The van der Waals surface area contributed by atoms with Gasteiger partial charge in [-0.3, -0.25) is 0 Å². The van der Waals surface area contributed by atoms with Gasteiger partial charge in [-0.05, 0) is 104 Å². The predicted molar refractivity (Wildman–Crippen MR) is 175 cm³/mol. The Bertz CT molecular complexity index is 1940. The average molecular weight is 557 g/mol. The Morgan fingerprint density at radius 3 is 1.16 bits per heavy atom. The number of hydrogen-bond donors (Lipinski definition) is 0. The highest BCUT2D eigenvalue weighted by atomic mass is 16.7. The fourth-order valence-electron chi connectivity index (χ4n) is 8.82. The third-order valence-electron chi connectivity index (χ3n) is 10.8. The molecule has 3 aliphatic rings. The first-order valence-electron chi connectivity index (χ1n) is 15.2. The summed E-state index contributed by atoms with van der Waals surface area (Å²) in [5.41, 5.74) is 11.8. The second-order valence-electron chi connectivity index (χ2n) is 12.4. The van der Waals surface area contributed by atoms with E-state index in [1.54, 1.807) is 0 Å². The molecule has 2 heteroatoms. The maximum absolute atomic E-state index is 6.41. The van der Waals surface area contributed by atoms with Crippen molar-refractivity contribution in [2.45, 2.75) is 29.5 Å². The Morgan fingerprint density at radius 1 is 0.395 bits per heavy atom. The number of rotatable bonds is 2. The lowest BCUT2D eigenvalue weighted by Gasteiger charge is -2.34. The Labute approximate surface area is 252 Å². The molecule has 0 N–H and O–H groups in total. The van der Waals surface area contributed by atoms with Crippen molar-refractivity contribution in [3.05, 3.63) is 145 Å². The van der Waals surface area contributed by atoms with E-state index in [1.807, 2.05) is 14.2 Å².